The van der Waals surface area contributed by atoms with Crippen LogP contribution in [-0.4, -0.2) is 19.5 Å². The lowest BCUT2D eigenvalue weighted by molar-refractivity contribution is 0.609. The Kier molecular flexibility index (Phi) is 2.71. The molecule has 0 aliphatic rings. The smallest absolute Gasteiger partial charge is 0.235 e. The van der Waals surface area contributed by atoms with Gasteiger partial charge >= 0.3 is 0 Å². The molecule has 0 spiro atoms. The Labute approximate surface area is 86.8 Å². The van der Waals surface area contributed by atoms with Crippen molar-refractivity contribution in [3.8, 4) is 5.95 Å². The summed E-state index contributed by atoms with van der Waals surface area (Å²) in [4.78, 5) is 12.0. The van der Waals surface area contributed by atoms with Crippen LogP contribution >= 0.6 is 0 Å². The standard InChI is InChI=1S/C10H11FN4/c1-2-3-9-12-4-5-15(9)10-13-6-8(11)7-14-10/h4-7H,2-3H2,1H3. The van der Waals surface area contributed by atoms with Crippen molar-refractivity contribution in [3.63, 3.8) is 0 Å². The molecular formula is C10H11FN4. The quantitative estimate of drug-likeness (QED) is 0.768. The molecule has 0 N–H and O–H groups in total. The molecule has 0 saturated carbocycles. The van der Waals surface area contributed by atoms with Gasteiger partial charge in [0.2, 0.25) is 5.95 Å². The van der Waals surface area contributed by atoms with Crippen LogP contribution in [0.25, 0.3) is 5.95 Å². The van der Waals surface area contributed by atoms with Gasteiger partial charge in [-0.1, -0.05) is 6.92 Å². The predicted molar refractivity (Wildman–Crippen MR) is 53.1 cm³/mol. The van der Waals surface area contributed by atoms with Gasteiger partial charge in [-0.15, -0.1) is 0 Å². The molecule has 0 aromatic carbocycles. The van der Waals surface area contributed by atoms with Gasteiger partial charge in [0.15, 0.2) is 5.82 Å². The minimum absolute atomic E-state index is 0.434. The molecule has 0 aliphatic heterocycles. The van der Waals surface area contributed by atoms with Crippen LogP contribution in [0.1, 0.15) is 19.2 Å². The lowest BCUT2D eigenvalue weighted by Gasteiger charge is -2.03. The maximum Gasteiger partial charge on any atom is 0.235 e. The Morgan fingerprint density at radius 1 is 1.27 bits per heavy atom. The van der Waals surface area contributed by atoms with Crippen molar-refractivity contribution in [1.82, 2.24) is 19.5 Å². The number of aryl methyl sites for hydroxylation is 1. The average molecular weight is 206 g/mol. The van der Waals surface area contributed by atoms with E-state index in [2.05, 4.69) is 21.9 Å². The van der Waals surface area contributed by atoms with Crippen LogP contribution in [0.3, 0.4) is 0 Å². The van der Waals surface area contributed by atoms with Crippen LogP contribution < -0.4 is 0 Å². The molecule has 2 rings (SSSR count). The molecule has 2 heterocycles. The summed E-state index contributed by atoms with van der Waals surface area (Å²) in [6, 6.07) is 0. The lowest BCUT2D eigenvalue weighted by Crippen LogP contribution is -2.04. The third-order valence-corrected chi connectivity index (χ3v) is 2.01. The second-order valence-electron chi connectivity index (χ2n) is 3.16. The lowest BCUT2D eigenvalue weighted by atomic mass is 10.3. The van der Waals surface area contributed by atoms with E-state index in [1.165, 1.54) is 0 Å². The van der Waals surface area contributed by atoms with Crippen molar-refractivity contribution in [3.05, 3.63) is 36.4 Å². The van der Waals surface area contributed by atoms with Gasteiger partial charge in [-0.05, 0) is 6.42 Å². The number of rotatable bonds is 3. The number of hydrogen-bond donors (Lipinski definition) is 0. The Morgan fingerprint density at radius 2 is 2.00 bits per heavy atom. The minimum atomic E-state index is -0.434. The molecule has 0 amide bonds. The van der Waals surface area contributed by atoms with Crippen LogP contribution in [0.2, 0.25) is 0 Å². The highest BCUT2D eigenvalue weighted by Crippen LogP contribution is 2.07. The Balaban J connectivity index is 2.36. The molecule has 0 fully saturated rings. The van der Waals surface area contributed by atoms with Crippen molar-refractivity contribution in [2.24, 2.45) is 0 Å². The largest absolute Gasteiger partial charge is 0.272 e. The second kappa shape index (κ2) is 4.16. The minimum Gasteiger partial charge on any atom is -0.272 e. The molecule has 15 heavy (non-hydrogen) atoms. The number of aromatic nitrogens is 4. The summed E-state index contributed by atoms with van der Waals surface area (Å²) >= 11 is 0. The van der Waals surface area contributed by atoms with Gasteiger partial charge in [0.25, 0.3) is 0 Å². The van der Waals surface area contributed by atoms with E-state index in [0.29, 0.717) is 5.95 Å². The van der Waals surface area contributed by atoms with Crippen LogP contribution in [0.5, 0.6) is 0 Å². The van der Waals surface area contributed by atoms with Crippen molar-refractivity contribution in [2.45, 2.75) is 19.8 Å². The van der Waals surface area contributed by atoms with E-state index in [1.54, 1.807) is 17.0 Å². The van der Waals surface area contributed by atoms with Crippen LogP contribution in [-0.2, 0) is 6.42 Å². The maximum atomic E-state index is 12.6. The van der Waals surface area contributed by atoms with E-state index < -0.39 is 5.82 Å². The zero-order valence-corrected chi connectivity index (χ0v) is 8.39. The van der Waals surface area contributed by atoms with Gasteiger partial charge in [-0.3, -0.25) is 4.57 Å². The van der Waals surface area contributed by atoms with Gasteiger partial charge in [-0.25, -0.2) is 19.3 Å². The average Bonchev–Trinajstić information content (AvgIpc) is 2.68. The summed E-state index contributed by atoms with van der Waals surface area (Å²) in [5, 5.41) is 0. The van der Waals surface area contributed by atoms with Crippen molar-refractivity contribution in [1.29, 1.82) is 0 Å². The van der Waals surface area contributed by atoms with Gasteiger partial charge in [0, 0.05) is 18.8 Å². The fraction of sp³-hybridized carbons (Fsp3) is 0.300. The fourth-order valence-corrected chi connectivity index (χ4v) is 1.35. The Morgan fingerprint density at radius 3 is 2.67 bits per heavy atom. The third kappa shape index (κ3) is 2.01. The Bertz CT molecular complexity index is 435. The van der Waals surface area contributed by atoms with E-state index in [-0.39, 0.29) is 0 Å². The first-order chi connectivity index (χ1) is 7.31. The molecule has 0 unspecified atom stereocenters. The van der Waals surface area contributed by atoms with Crippen molar-refractivity contribution >= 4 is 0 Å². The first kappa shape index (κ1) is 9.76. The van der Waals surface area contributed by atoms with E-state index >= 15 is 0 Å². The fourth-order valence-electron chi connectivity index (χ4n) is 1.35. The monoisotopic (exact) mass is 206 g/mol. The first-order valence-electron chi connectivity index (χ1n) is 4.81. The molecule has 0 bridgehead atoms. The van der Waals surface area contributed by atoms with Gasteiger partial charge in [-0.2, -0.15) is 0 Å². The zero-order valence-electron chi connectivity index (χ0n) is 8.39. The van der Waals surface area contributed by atoms with Gasteiger partial charge in [0.1, 0.15) is 5.82 Å². The van der Waals surface area contributed by atoms with E-state index in [4.69, 9.17) is 0 Å². The maximum absolute atomic E-state index is 12.6. The molecule has 4 nitrogen and oxygen atoms in total. The number of hydrogen-bond acceptors (Lipinski definition) is 3. The molecule has 78 valence electrons. The van der Waals surface area contributed by atoms with Crippen LogP contribution in [0, 0.1) is 5.82 Å². The zero-order chi connectivity index (χ0) is 10.7. The van der Waals surface area contributed by atoms with E-state index in [9.17, 15) is 4.39 Å². The highest BCUT2D eigenvalue weighted by Gasteiger charge is 2.05. The summed E-state index contributed by atoms with van der Waals surface area (Å²) in [5.41, 5.74) is 0. The van der Waals surface area contributed by atoms with Gasteiger partial charge in [0.05, 0.1) is 12.4 Å². The molecule has 0 saturated heterocycles. The molecule has 0 atom stereocenters. The van der Waals surface area contributed by atoms with Crippen LogP contribution in [0.4, 0.5) is 4.39 Å². The van der Waals surface area contributed by atoms with Crippen LogP contribution in [0.15, 0.2) is 24.8 Å². The predicted octanol–water partition coefficient (Wildman–Crippen LogP) is 1.75. The van der Waals surface area contributed by atoms with Crippen molar-refractivity contribution in [2.75, 3.05) is 0 Å². The molecule has 2 aromatic rings. The molecule has 5 heteroatoms. The van der Waals surface area contributed by atoms with Crippen molar-refractivity contribution < 1.29 is 4.39 Å². The summed E-state index contributed by atoms with van der Waals surface area (Å²) in [6.07, 6.45) is 7.62. The summed E-state index contributed by atoms with van der Waals surface area (Å²) < 4.78 is 14.4. The summed E-state index contributed by atoms with van der Waals surface area (Å²) in [6.45, 7) is 2.07. The molecule has 0 radical (unpaired) electrons. The van der Waals surface area contributed by atoms with E-state index in [0.717, 1.165) is 31.1 Å². The highest BCUT2D eigenvalue weighted by atomic mass is 19.1. The summed E-state index contributed by atoms with van der Waals surface area (Å²) in [7, 11) is 0. The molecule has 0 aliphatic carbocycles. The molecular weight excluding hydrogens is 195 g/mol. The van der Waals surface area contributed by atoms with Gasteiger partial charge < -0.3 is 0 Å². The second-order valence-corrected chi connectivity index (χ2v) is 3.16. The number of nitrogens with zero attached hydrogens (tertiary/aromatic N) is 4. The Hall–Kier alpha value is -1.78. The summed E-state index contributed by atoms with van der Waals surface area (Å²) in [5.74, 6) is 0.914. The first-order valence-corrected chi connectivity index (χ1v) is 4.81. The number of imidazole rings is 1. The number of halogens is 1. The highest BCUT2D eigenvalue weighted by molar-refractivity contribution is 5.14. The third-order valence-electron chi connectivity index (χ3n) is 2.01. The van der Waals surface area contributed by atoms with E-state index in [1.807, 2.05) is 0 Å². The normalized spacial score (nSPS) is 10.5. The SMILES string of the molecule is CCCc1nccn1-c1ncc(F)cn1. The topological polar surface area (TPSA) is 43.6 Å². The molecule has 2 aromatic heterocycles.